The van der Waals surface area contributed by atoms with E-state index in [4.69, 9.17) is 0 Å². The van der Waals surface area contributed by atoms with Crippen LogP contribution in [0.1, 0.15) is 11.2 Å². The fourth-order valence-corrected chi connectivity index (χ4v) is 3.79. The predicted molar refractivity (Wildman–Crippen MR) is 106 cm³/mol. The molecule has 0 amide bonds. The van der Waals surface area contributed by atoms with Crippen LogP contribution in [0.5, 0.6) is 0 Å². The Morgan fingerprint density at radius 1 is 1.07 bits per heavy atom. The Bertz CT molecular complexity index is 1120. The molecule has 0 spiro atoms. The average Bonchev–Trinajstić information content (AvgIpc) is 3.09. The van der Waals surface area contributed by atoms with Gasteiger partial charge in [0, 0.05) is 19.8 Å². The van der Waals surface area contributed by atoms with Gasteiger partial charge in [0.1, 0.15) is 11.9 Å². The Hall–Kier alpha value is -2.93. The molecular weight excluding hydrogens is 342 g/mol. The monoisotopic (exact) mass is 367 g/mol. The summed E-state index contributed by atoms with van der Waals surface area (Å²) in [6.45, 7) is 1.70. The lowest BCUT2D eigenvalue weighted by Crippen LogP contribution is -2.46. The molecule has 7 heteroatoms. The summed E-state index contributed by atoms with van der Waals surface area (Å²) in [6.07, 6.45) is 2.81. The van der Waals surface area contributed by atoms with Crippen LogP contribution in [0.15, 0.2) is 42.6 Å². The Labute approximate surface area is 157 Å². The highest BCUT2D eigenvalue weighted by molar-refractivity contribution is 5.93. The molecule has 0 bridgehead atoms. The molecule has 1 N–H and O–H groups in total. The second-order valence-electron chi connectivity index (χ2n) is 7.23. The first-order valence-electron chi connectivity index (χ1n) is 9.15. The molecule has 1 aliphatic heterocycles. The summed E-state index contributed by atoms with van der Waals surface area (Å²) in [5.41, 5.74) is 2.48. The van der Waals surface area contributed by atoms with E-state index in [-0.39, 0.29) is 18.3 Å². The topological polar surface area (TPSA) is 58.0 Å². The van der Waals surface area contributed by atoms with Crippen LogP contribution in [0, 0.1) is 0 Å². The van der Waals surface area contributed by atoms with Crippen molar-refractivity contribution in [3.8, 4) is 0 Å². The van der Waals surface area contributed by atoms with Gasteiger partial charge in [-0.2, -0.15) is 0 Å². The normalized spacial score (nSPS) is 14.4. The fourth-order valence-electron chi connectivity index (χ4n) is 3.79. The molecule has 2 aromatic heterocycles. The van der Waals surface area contributed by atoms with Crippen LogP contribution in [0.3, 0.4) is 0 Å². The Morgan fingerprint density at radius 3 is 2.52 bits per heavy atom. The van der Waals surface area contributed by atoms with Crippen LogP contribution in [0.2, 0.25) is 0 Å². The van der Waals surface area contributed by atoms with Crippen LogP contribution in [0.25, 0.3) is 22.4 Å². The first kappa shape index (κ1) is 17.5. The third kappa shape index (κ3) is 2.84. The average molecular weight is 367 g/mol. The number of hydrogen-bond donors (Lipinski definition) is 1. The molecule has 7 nitrogen and oxygen atoms in total. The van der Waals surface area contributed by atoms with E-state index in [1.807, 2.05) is 72.9 Å². The van der Waals surface area contributed by atoms with Crippen LogP contribution in [-0.2, 0) is 7.05 Å². The van der Waals surface area contributed by atoms with Gasteiger partial charge < -0.3 is 14.9 Å². The van der Waals surface area contributed by atoms with E-state index < -0.39 is 0 Å². The zero-order valence-electron chi connectivity index (χ0n) is 16.0. The SMILES string of the molecule is CN(C)CCCN1CC(=O)n2c(c3cccn3n(C)c3ccccc32)=C1O. The highest BCUT2D eigenvalue weighted by Crippen LogP contribution is 2.17. The second kappa shape index (κ2) is 6.66. The van der Waals surface area contributed by atoms with Crippen molar-refractivity contribution in [2.24, 2.45) is 7.05 Å². The number of aliphatic hydroxyl groups is 1. The number of para-hydroxylation sites is 2. The van der Waals surface area contributed by atoms with E-state index in [9.17, 15) is 9.90 Å². The molecule has 3 aromatic rings. The fraction of sp³-hybridized carbons (Fsp3) is 0.350. The molecule has 0 saturated carbocycles. The standard InChI is InChI=1S/C20H25N5O2/c1-21(2)11-7-12-23-14-18(26)25-16-9-5-4-8-15(16)22(3)24-13-6-10-17(24)19(25)20(23)27/h4-6,8-10,13,27H,7,11-12,14H2,1-3H3. The molecule has 0 aliphatic carbocycles. The van der Waals surface area contributed by atoms with Crippen molar-refractivity contribution in [2.45, 2.75) is 6.42 Å². The van der Waals surface area contributed by atoms with E-state index in [0.717, 1.165) is 29.5 Å². The van der Waals surface area contributed by atoms with Crippen molar-refractivity contribution in [3.05, 3.63) is 47.9 Å². The van der Waals surface area contributed by atoms with Gasteiger partial charge in [-0.3, -0.25) is 18.6 Å². The Kier molecular flexibility index (Phi) is 4.31. The molecule has 3 heterocycles. The van der Waals surface area contributed by atoms with Gasteiger partial charge in [-0.05, 0) is 51.3 Å². The number of benzene rings is 1. The maximum absolute atomic E-state index is 13.1. The number of rotatable bonds is 4. The van der Waals surface area contributed by atoms with Gasteiger partial charge in [0.25, 0.3) is 5.91 Å². The number of carbonyl (C=O) groups excluding carboxylic acids is 1. The summed E-state index contributed by atoms with van der Waals surface area (Å²) >= 11 is 0. The maximum atomic E-state index is 13.1. The van der Waals surface area contributed by atoms with Gasteiger partial charge in [-0.1, -0.05) is 12.1 Å². The summed E-state index contributed by atoms with van der Waals surface area (Å²) in [5.74, 6) is 0.113. The minimum atomic E-state index is -0.0387. The van der Waals surface area contributed by atoms with E-state index in [1.165, 1.54) is 0 Å². The van der Waals surface area contributed by atoms with E-state index in [2.05, 4.69) is 4.90 Å². The number of carbonyl (C=O) groups is 1. The second-order valence-corrected chi connectivity index (χ2v) is 7.23. The minimum absolute atomic E-state index is 0.0387. The van der Waals surface area contributed by atoms with Crippen LogP contribution < -0.4 is 5.35 Å². The lowest BCUT2D eigenvalue weighted by Gasteiger charge is -2.28. The van der Waals surface area contributed by atoms with Gasteiger partial charge in [0.2, 0.25) is 5.88 Å². The highest BCUT2D eigenvalue weighted by atomic mass is 16.3. The van der Waals surface area contributed by atoms with Gasteiger partial charge in [-0.15, -0.1) is 0 Å². The van der Waals surface area contributed by atoms with Crippen LogP contribution >= 0.6 is 0 Å². The number of hydrogen-bond acceptors (Lipinski definition) is 4. The van der Waals surface area contributed by atoms with Gasteiger partial charge in [0.05, 0.1) is 16.6 Å². The number of aromatic nitrogens is 3. The van der Waals surface area contributed by atoms with Crippen molar-refractivity contribution >= 4 is 28.3 Å². The molecular formula is C20H25N5O2. The summed E-state index contributed by atoms with van der Waals surface area (Å²) in [7, 11) is 6.00. The van der Waals surface area contributed by atoms with Crippen LogP contribution in [-0.4, -0.2) is 68.3 Å². The lowest BCUT2D eigenvalue weighted by molar-refractivity contribution is 0.0841. The molecule has 1 aliphatic rings. The first-order valence-corrected chi connectivity index (χ1v) is 9.15. The van der Waals surface area contributed by atoms with E-state index in [1.54, 1.807) is 9.47 Å². The predicted octanol–water partition coefficient (Wildman–Crippen LogP) is 1.61. The minimum Gasteiger partial charge on any atom is -0.493 e. The van der Waals surface area contributed by atoms with Gasteiger partial charge in [0.15, 0.2) is 0 Å². The third-order valence-electron chi connectivity index (χ3n) is 5.11. The molecule has 27 heavy (non-hydrogen) atoms. The van der Waals surface area contributed by atoms with Crippen molar-refractivity contribution < 1.29 is 9.90 Å². The molecule has 0 fully saturated rings. The largest absolute Gasteiger partial charge is 0.493 e. The number of aryl methyl sites for hydroxylation is 1. The van der Waals surface area contributed by atoms with Gasteiger partial charge >= 0.3 is 0 Å². The van der Waals surface area contributed by atoms with E-state index in [0.29, 0.717) is 11.9 Å². The summed E-state index contributed by atoms with van der Waals surface area (Å²) in [5, 5.41) is 11.7. The molecule has 142 valence electrons. The first-order chi connectivity index (χ1) is 13.0. The van der Waals surface area contributed by atoms with E-state index >= 15 is 0 Å². The molecule has 0 radical (unpaired) electrons. The zero-order chi connectivity index (χ0) is 19.1. The molecule has 0 unspecified atom stereocenters. The van der Waals surface area contributed by atoms with Crippen molar-refractivity contribution in [3.63, 3.8) is 0 Å². The highest BCUT2D eigenvalue weighted by Gasteiger charge is 2.25. The molecule has 0 saturated heterocycles. The summed E-state index contributed by atoms with van der Waals surface area (Å²) in [4.78, 5) is 17.0. The Balaban J connectivity index is 2.05. The van der Waals surface area contributed by atoms with Crippen molar-refractivity contribution in [2.75, 3.05) is 33.7 Å². The molecule has 0 atom stereocenters. The maximum Gasteiger partial charge on any atom is 0.251 e. The van der Waals surface area contributed by atoms with Crippen LogP contribution in [0.4, 0.5) is 0 Å². The quantitative estimate of drug-likeness (QED) is 0.761. The summed E-state index contributed by atoms with van der Waals surface area (Å²) < 4.78 is 5.61. The summed E-state index contributed by atoms with van der Waals surface area (Å²) in [6, 6.07) is 11.6. The Morgan fingerprint density at radius 2 is 1.78 bits per heavy atom. The number of aliphatic hydroxyl groups excluding tert-OH is 1. The van der Waals surface area contributed by atoms with Gasteiger partial charge in [-0.25, -0.2) is 0 Å². The number of fused-ring (bicyclic) bond motifs is 5. The lowest BCUT2D eigenvalue weighted by atomic mass is 10.2. The number of nitrogens with zero attached hydrogens (tertiary/aromatic N) is 5. The zero-order valence-corrected chi connectivity index (χ0v) is 16.0. The molecule has 1 aromatic carbocycles. The smallest absolute Gasteiger partial charge is 0.251 e. The van der Waals surface area contributed by atoms with Crippen molar-refractivity contribution in [1.82, 2.24) is 23.6 Å². The van der Waals surface area contributed by atoms with Crippen molar-refractivity contribution in [1.29, 1.82) is 0 Å². The molecule has 4 rings (SSSR count). The third-order valence-corrected chi connectivity index (χ3v) is 5.11.